The maximum atomic E-state index is 12.0. The van der Waals surface area contributed by atoms with E-state index in [0.717, 1.165) is 13.0 Å². The number of amidine groups is 1. The zero-order valence-corrected chi connectivity index (χ0v) is 11.4. The third-order valence-corrected chi connectivity index (χ3v) is 3.61. The Morgan fingerprint density at radius 1 is 1.45 bits per heavy atom. The van der Waals surface area contributed by atoms with Crippen molar-refractivity contribution in [1.82, 2.24) is 5.32 Å². The van der Waals surface area contributed by atoms with Crippen LogP contribution in [-0.4, -0.2) is 36.2 Å². The molecule has 1 aliphatic heterocycles. The summed E-state index contributed by atoms with van der Waals surface area (Å²) in [5, 5.41) is 14.4. The van der Waals surface area contributed by atoms with Crippen molar-refractivity contribution in [3.05, 3.63) is 35.4 Å². The molecule has 0 saturated carbocycles. The zero-order valence-electron chi connectivity index (χ0n) is 11.4. The fraction of sp³-hybridized carbons (Fsp3) is 0.429. The summed E-state index contributed by atoms with van der Waals surface area (Å²) in [5.74, 6) is 0.263. The summed E-state index contributed by atoms with van der Waals surface area (Å²) >= 11 is 0. The molecule has 1 saturated heterocycles. The number of amides is 1. The van der Waals surface area contributed by atoms with Crippen molar-refractivity contribution < 1.29 is 14.7 Å². The molecule has 6 heteroatoms. The fourth-order valence-corrected chi connectivity index (χ4v) is 2.22. The highest BCUT2D eigenvalue weighted by atomic mass is 16.5. The number of hydrogen-bond donors (Lipinski definition) is 3. The summed E-state index contributed by atoms with van der Waals surface area (Å²) in [6.45, 7) is 3.40. The van der Waals surface area contributed by atoms with E-state index in [2.05, 4.69) is 10.5 Å². The van der Waals surface area contributed by atoms with Gasteiger partial charge in [-0.2, -0.15) is 0 Å². The number of benzene rings is 1. The summed E-state index contributed by atoms with van der Waals surface area (Å²) in [5.41, 5.74) is 6.58. The lowest BCUT2D eigenvalue weighted by Crippen LogP contribution is -2.32. The molecule has 1 aromatic rings. The van der Waals surface area contributed by atoms with Crippen molar-refractivity contribution in [3.63, 3.8) is 0 Å². The minimum atomic E-state index is -0.129. The third-order valence-electron chi connectivity index (χ3n) is 3.61. The lowest BCUT2D eigenvalue weighted by molar-refractivity contribution is 0.0907. The lowest BCUT2D eigenvalue weighted by atomic mass is 10.0. The maximum Gasteiger partial charge on any atom is 0.251 e. The molecule has 0 spiro atoms. The van der Waals surface area contributed by atoms with Crippen LogP contribution in [0.3, 0.4) is 0 Å². The van der Waals surface area contributed by atoms with Gasteiger partial charge in [0, 0.05) is 30.2 Å². The Bertz CT molecular complexity index is 499. The Balaban J connectivity index is 1.92. The van der Waals surface area contributed by atoms with Crippen LogP contribution in [0.1, 0.15) is 29.3 Å². The SMILES string of the molecule is CC1OCCC1CNC(=O)c1ccc(/C(N)=N/O)cc1. The summed E-state index contributed by atoms with van der Waals surface area (Å²) in [6, 6.07) is 6.59. The Labute approximate surface area is 117 Å². The second-order valence-corrected chi connectivity index (χ2v) is 4.90. The first kappa shape index (κ1) is 14.3. The van der Waals surface area contributed by atoms with Crippen LogP contribution < -0.4 is 11.1 Å². The van der Waals surface area contributed by atoms with Crippen LogP contribution in [0.4, 0.5) is 0 Å². The van der Waals surface area contributed by atoms with Crippen molar-refractivity contribution in [1.29, 1.82) is 0 Å². The van der Waals surface area contributed by atoms with Crippen molar-refractivity contribution in [2.45, 2.75) is 19.4 Å². The standard InChI is InChI=1S/C14H19N3O3/c1-9-12(6-7-20-9)8-16-14(18)11-4-2-10(3-5-11)13(15)17-19/h2-5,9,12,19H,6-8H2,1H3,(H2,15,17)(H,16,18). The van der Waals surface area contributed by atoms with E-state index in [-0.39, 0.29) is 17.8 Å². The predicted octanol–water partition coefficient (Wildman–Crippen LogP) is 0.936. The number of nitrogens with two attached hydrogens (primary N) is 1. The summed E-state index contributed by atoms with van der Waals surface area (Å²) in [6.07, 6.45) is 1.17. The molecule has 2 rings (SSSR count). The van der Waals surface area contributed by atoms with Gasteiger partial charge in [-0.15, -0.1) is 0 Å². The zero-order chi connectivity index (χ0) is 14.5. The summed E-state index contributed by atoms with van der Waals surface area (Å²) in [4.78, 5) is 12.0. The van der Waals surface area contributed by atoms with Gasteiger partial charge in [0.1, 0.15) is 0 Å². The second kappa shape index (κ2) is 6.38. The van der Waals surface area contributed by atoms with Crippen LogP contribution in [0.25, 0.3) is 0 Å². The van der Waals surface area contributed by atoms with E-state index in [1.54, 1.807) is 24.3 Å². The molecule has 1 amide bonds. The van der Waals surface area contributed by atoms with Gasteiger partial charge >= 0.3 is 0 Å². The molecule has 0 bridgehead atoms. The van der Waals surface area contributed by atoms with E-state index in [1.807, 2.05) is 6.92 Å². The molecule has 1 fully saturated rings. The minimum absolute atomic E-state index is 0.0221. The second-order valence-electron chi connectivity index (χ2n) is 4.90. The van der Waals surface area contributed by atoms with Crippen molar-refractivity contribution in [3.8, 4) is 0 Å². The monoisotopic (exact) mass is 277 g/mol. The van der Waals surface area contributed by atoms with Gasteiger partial charge in [0.15, 0.2) is 5.84 Å². The molecule has 108 valence electrons. The van der Waals surface area contributed by atoms with Crippen molar-refractivity contribution >= 4 is 11.7 Å². The average molecular weight is 277 g/mol. The van der Waals surface area contributed by atoms with Crippen LogP contribution in [0, 0.1) is 5.92 Å². The molecule has 1 heterocycles. The Hall–Kier alpha value is -2.08. The number of rotatable bonds is 4. The molecule has 2 unspecified atom stereocenters. The Kier molecular flexibility index (Phi) is 4.57. The molecule has 20 heavy (non-hydrogen) atoms. The summed E-state index contributed by atoms with van der Waals surface area (Å²) in [7, 11) is 0. The molecule has 4 N–H and O–H groups in total. The van der Waals surface area contributed by atoms with E-state index in [9.17, 15) is 4.79 Å². The van der Waals surface area contributed by atoms with Gasteiger partial charge in [0.2, 0.25) is 0 Å². The highest BCUT2D eigenvalue weighted by Crippen LogP contribution is 2.19. The highest BCUT2D eigenvalue weighted by molar-refractivity contribution is 5.99. The third kappa shape index (κ3) is 3.27. The van der Waals surface area contributed by atoms with Crippen LogP contribution in [0.5, 0.6) is 0 Å². The van der Waals surface area contributed by atoms with Crippen LogP contribution >= 0.6 is 0 Å². The van der Waals surface area contributed by atoms with E-state index in [1.165, 1.54) is 0 Å². The quantitative estimate of drug-likeness (QED) is 0.330. The van der Waals surface area contributed by atoms with Gasteiger partial charge in [-0.1, -0.05) is 17.3 Å². The molecular weight excluding hydrogens is 258 g/mol. The smallest absolute Gasteiger partial charge is 0.251 e. The van der Waals surface area contributed by atoms with Crippen LogP contribution in [-0.2, 0) is 4.74 Å². The first-order chi connectivity index (χ1) is 9.61. The van der Waals surface area contributed by atoms with Crippen molar-refractivity contribution in [2.75, 3.05) is 13.2 Å². The molecule has 2 atom stereocenters. The van der Waals surface area contributed by atoms with E-state index in [4.69, 9.17) is 15.7 Å². The Morgan fingerprint density at radius 2 is 2.10 bits per heavy atom. The normalized spacial score (nSPS) is 22.8. The first-order valence-corrected chi connectivity index (χ1v) is 6.59. The number of carbonyl (C=O) groups is 1. The fourth-order valence-electron chi connectivity index (χ4n) is 2.22. The van der Waals surface area contributed by atoms with E-state index >= 15 is 0 Å². The number of nitrogens with zero attached hydrogens (tertiary/aromatic N) is 1. The van der Waals surface area contributed by atoms with E-state index < -0.39 is 0 Å². The van der Waals surface area contributed by atoms with Gasteiger partial charge in [-0.3, -0.25) is 4.79 Å². The largest absolute Gasteiger partial charge is 0.409 e. The topological polar surface area (TPSA) is 96.9 Å². The number of hydrogen-bond acceptors (Lipinski definition) is 4. The molecule has 1 aliphatic rings. The number of carbonyl (C=O) groups excluding carboxylic acids is 1. The molecular formula is C14H19N3O3. The van der Waals surface area contributed by atoms with Crippen molar-refractivity contribution in [2.24, 2.45) is 16.8 Å². The maximum absolute atomic E-state index is 12.0. The number of nitrogens with one attached hydrogen (secondary N) is 1. The first-order valence-electron chi connectivity index (χ1n) is 6.59. The van der Waals surface area contributed by atoms with Crippen LogP contribution in [0.15, 0.2) is 29.4 Å². The molecule has 6 nitrogen and oxygen atoms in total. The lowest BCUT2D eigenvalue weighted by Gasteiger charge is -2.14. The number of ether oxygens (including phenoxy) is 1. The minimum Gasteiger partial charge on any atom is -0.409 e. The molecule has 0 aromatic heterocycles. The summed E-state index contributed by atoms with van der Waals surface area (Å²) < 4.78 is 5.46. The van der Waals surface area contributed by atoms with Gasteiger partial charge in [-0.05, 0) is 25.5 Å². The Morgan fingerprint density at radius 3 is 2.65 bits per heavy atom. The van der Waals surface area contributed by atoms with Gasteiger partial charge in [0.25, 0.3) is 5.91 Å². The van der Waals surface area contributed by atoms with Gasteiger partial charge in [-0.25, -0.2) is 0 Å². The highest BCUT2D eigenvalue weighted by Gasteiger charge is 2.24. The van der Waals surface area contributed by atoms with Crippen LogP contribution in [0.2, 0.25) is 0 Å². The molecule has 1 aromatic carbocycles. The van der Waals surface area contributed by atoms with Gasteiger partial charge in [0.05, 0.1) is 6.10 Å². The van der Waals surface area contributed by atoms with Gasteiger partial charge < -0.3 is 21.0 Å². The predicted molar refractivity (Wildman–Crippen MR) is 74.8 cm³/mol. The van der Waals surface area contributed by atoms with E-state index in [0.29, 0.717) is 23.6 Å². The molecule has 0 aliphatic carbocycles. The molecule has 0 radical (unpaired) electrons. The number of oxime groups is 1. The average Bonchev–Trinajstić information content (AvgIpc) is 2.89.